The van der Waals surface area contributed by atoms with Crippen molar-refractivity contribution in [2.75, 3.05) is 7.05 Å². The Kier molecular flexibility index (Phi) is 2.94. The zero-order chi connectivity index (χ0) is 12.6. The van der Waals surface area contributed by atoms with Gasteiger partial charge in [-0.25, -0.2) is 0 Å². The van der Waals surface area contributed by atoms with Gasteiger partial charge in [-0.05, 0) is 24.5 Å². The molecule has 17 heavy (non-hydrogen) atoms. The maximum atomic E-state index is 11.8. The number of likely N-dealkylation sites (N-methyl/N-ethyl adjacent to an activating group) is 1. The molecule has 3 nitrogen and oxygen atoms in total. The first-order valence-electron chi connectivity index (χ1n) is 6.15. The van der Waals surface area contributed by atoms with Crippen LogP contribution in [0.5, 0.6) is 0 Å². The van der Waals surface area contributed by atoms with E-state index in [-0.39, 0.29) is 17.2 Å². The summed E-state index contributed by atoms with van der Waals surface area (Å²) in [5.74, 6) is 0.0274. The van der Waals surface area contributed by atoms with E-state index in [2.05, 4.69) is 38.2 Å². The maximum Gasteiger partial charge on any atom is 0.228 e. The molecule has 1 aromatic heterocycles. The van der Waals surface area contributed by atoms with E-state index >= 15 is 0 Å². The smallest absolute Gasteiger partial charge is 0.228 e. The lowest BCUT2D eigenvalue weighted by atomic mass is 9.91. The maximum absolute atomic E-state index is 11.8. The zero-order valence-corrected chi connectivity index (χ0v) is 11.0. The third-order valence-electron chi connectivity index (χ3n) is 3.38. The van der Waals surface area contributed by atoms with Crippen LogP contribution in [0.2, 0.25) is 0 Å². The van der Waals surface area contributed by atoms with Crippen LogP contribution >= 0.6 is 0 Å². The van der Waals surface area contributed by atoms with E-state index in [1.807, 2.05) is 0 Å². The highest BCUT2D eigenvalue weighted by molar-refractivity contribution is 5.84. The number of carbonyl (C=O) groups excluding carboxylic acids is 1. The number of aromatic nitrogens is 1. The lowest BCUT2D eigenvalue weighted by Crippen LogP contribution is -2.25. The summed E-state index contributed by atoms with van der Waals surface area (Å²) in [6.45, 7) is 6.43. The number of aryl methyl sites for hydroxylation is 1. The van der Waals surface area contributed by atoms with Crippen LogP contribution in [-0.2, 0) is 16.6 Å². The second kappa shape index (κ2) is 4.13. The van der Waals surface area contributed by atoms with E-state index in [9.17, 15) is 4.79 Å². The average molecular weight is 232 g/mol. The van der Waals surface area contributed by atoms with E-state index < -0.39 is 0 Å². The van der Waals surface area contributed by atoms with Crippen LogP contribution in [0.15, 0.2) is 12.1 Å². The highest BCUT2D eigenvalue weighted by Gasteiger charge is 2.30. The molecule has 0 bridgehead atoms. The predicted molar refractivity (Wildman–Crippen MR) is 68.1 cm³/mol. The minimum absolute atomic E-state index is 0.0326. The van der Waals surface area contributed by atoms with Crippen molar-refractivity contribution < 1.29 is 4.79 Å². The fourth-order valence-electron chi connectivity index (χ4n) is 2.30. The molecule has 0 saturated heterocycles. The molecule has 0 fully saturated rings. The van der Waals surface area contributed by atoms with Gasteiger partial charge in [0.15, 0.2) is 0 Å². The van der Waals surface area contributed by atoms with Crippen LogP contribution in [-0.4, -0.2) is 17.9 Å². The van der Waals surface area contributed by atoms with Crippen LogP contribution in [0.1, 0.15) is 50.1 Å². The van der Waals surface area contributed by atoms with Crippen LogP contribution < -0.4 is 5.32 Å². The van der Waals surface area contributed by atoms with Gasteiger partial charge in [-0.3, -0.25) is 9.78 Å². The van der Waals surface area contributed by atoms with Crippen molar-refractivity contribution in [2.45, 2.75) is 44.9 Å². The summed E-state index contributed by atoms with van der Waals surface area (Å²) in [7, 11) is 1.69. The Morgan fingerprint density at radius 3 is 2.71 bits per heavy atom. The van der Waals surface area contributed by atoms with Crippen LogP contribution in [0.4, 0.5) is 0 Å². The topological polar surface area (TPSA) is 42.0 Å². The minimum Gasteiger partial charge on any atom is -0.359 e. The fourth-order valence-corrected chi connectivity index (χ4v) is 2.30. The number of amides is 1. The van der Waals surface area contributed by atoms with E-state index in [1.54, 1.807) is 7.05 Å². The molecule has 0 aliphatic heterocycles. The highest BCUT2D eigenvalue weighted by Crippen LogP contribution is 2.33. The Labute approximate surface area is 103 Å². The van der Waals surface area contributed by atoms with E-state index in [0.717, 1.165) is 24.2 Å². The lowest BCUT2D eigenvalue weighted by molar-refractivity contribution is -0.122. The Balaban J connectivity index is 2.41. The Hall–Kier alpha value is -1.38. The molecule has 0 unspecified atom stereocenters. The van der Waals surface area contributed by atoms with Crippen molar-refractivity contribution in [3.63, 3.8) is 0 Å². The largest absolute Gasteiger partial charge is 0.359 e. The molecule has 1 N–H and O–H groups in total. The number of carbonyl (C=O) groups is 1. The summed E-state index contributed by atoms with van der Waals surface area (Å²) in [6.07, 6.45) is 1.85. The van der Waals surface area contributed by atoms with Gasteiger partial charge in [0.1, 0.15) is 0 Å². The van der Waals surface area contributed by atoms with Gasteiger partial charge >= 0.3 is 0 Å². The van der Waals surface area contributed by atoms with Gasteiger partial charge in [0.2, 0.25) is 5.91 Å². The van der Waals surface area contributed by atoms with Gasteiger partial charge in [-0.1, -0.05) is 26.8 Å². The average Bonchev–Trinajstić information content (AvgIpc) is 2.69. The summed E-state index contributed by atoms with van der Waals surface area (Å²) < 4.78 is 0. The number of nitrogens with one attached hydrogen (secondary N) is 1. The van der Waals surface area contributed by atoms with E-state index in [1.165, 1.54) is 5.56 Å². The predicted octanol–water partition coefficient (Wildman–Crippen LogP) is 2.15. The molecule has 92 valence electrons. The summed E-state index contributed by atoms with van der Waals surface area (Å²) in [5, 5.41) is 2.73. The first-order valence-corrected chi connectivity index (χ1v) is 6.15. The fraction of sp³-hybridized carbons (Fsp3) is 0.571. The van der Waals surface area contributed by atoms with E-state index in [4.69, 9.17) is 4.98 Å². The third-order valence-corrected chi connectivity index (χ3v) is 3.38. The molecule has 1 atom stereocenters. The first-order chi connectivity index (χ1) is 7.93. The molecule has 0 saturated carbocycles. The van der Waals surface area contributed by atoms with Gasteiger partial charge in [-0.2, -0.15) is 0 Å². The monoisotopic (exact) mass is 232 g/mol. The van der Waals surface area contributed by atoms with Crippen molar-refractivity contribution >= 4 is 5.91 Å². The minimum atomic E-state index is -0.0581. The molecule has 2 rings (SSSR count). The molecule has 1 aliphatic carbocycles. The van der Waals surface area contributed by atoms with Crippen LogP contribution in [0, 0.1) is 0 Å². The number of rotatable bonds is 1. The molecular formula is C14H20N2O. The highest BCUT2D eigenvalue weighted by atomic mass is 16.1. The molecule has 0 aromatic carbocycles. The van der Waals surface area contributed by atoms with E-state index in [0.29, 0.717) is 0 Å². The van der Waals surface area contributed by atoms with Crippen LogP contribution in [0.25, 0.3) is 0 Å². The molecule has 1 aliphatic rings. The van der Waals surface area contributed by atoms with Gasteiger partial charge in [0.25, 0.3) is 0 Å². The SMILES string of the molecule is CNC(=O)[C@@H]1CCc2ccc(C(C)(C)C)nc21. The second-order valence-electron chi connectivity index (χ2n) is 5.70. The standard InChI is InChI=1S/C14H20N2O/c1-14(2,3)11-8-6-9-5-7-10(12(9)16-11)13(17)15-4/h6,8,10H,5,7H2,1-4H3,(H,15,17)/t10-/m1/s1. The number of hydrogen-bond acceptors (Lipinski definition) is 2. The number of nitrogens with zero attached hydrogens (tertiary/aromatic N) is 1. The molecule has 0 spiro atoms. The van der Waals surface area contributed by atoms with Gasteiger partial charge in [0.05, 0.1) is 11.6 Å². The molecule has 1 amide bonds. The Morgan fingerprint density at radius 1 is 1.41 bits per heavy atom. The molecular weight excluding hydrogens is 212 g/mol. The van der Waals surface area contributed by atoms with Gasteiger partial charge in [-0.15, -0.1) is 0 Å². The summed E-state index contributed by atoms with van der Waals surface area (Å²) >= 11 is 0. The zero-order valence-electron chi connectivity index (χ0n) is 11.0. The van der Waals surface area contributed by atoms with Crippen molar-refractivity contribution in [3.8, 4) is 0 Å². The second-order valence-corrected chi connectivity index (χ2v) is 5.70. The number of pyridine rings is 1. The van der Waals surface area contributed by atoms with Crippen molar-refractivity contribution in [2.24, 2.45) is 0 Å². The summed E-state index contributed by atoms with van der Waals surface area (Å²) in [4.78, 5) is 16.5. The number of hydrogen-bond donors (Lipinski definition) is 1. The Morgan fingerprint density at radius 2 is 2.12 bits per heavy atom. The quantitative estimate of drug-likeness (QED) is 0.806. The molecule has 1 heterocycles. The van der Waals surface area contributed by atoms with Crippen molar-refractivity contribution in [3.05, 3.63) is 29.1 Å². The molecule has 1 aromatic rings. The summed E-state index contributed by atoms with van der Waals surface area (Å²) in [6, 6.07) is 4.22. The molecule has 0 radical (unpaired) electrons. The van der Waals surface area contributed by atoms with Crippen molar-refractivity contribution in [1.82, 2.24) is 10.3 Å². The van der Waals surface area contributed by atoms with Gasteiger partial charge in [0, 0.05) is 18.2 Å². The molecule has 3 heteroatoms. The Bertz CT molecular complexity index is 446. The van der Waals surface area contributed by atoms with Gasteiger partial charge < -0.3 is 5.32 Å². The first kappa shape index (κ1) is 12.1. The summed E-state index contributed by atoms with van der Waals surface area (Å²) in [5.41, 5.74) is 3.31. The third kappa shape index (κ3) is 2.19. The van der Waals surface area contributed by atoms with Crippen molar-refractivity contribution in [1.29, 1.82) is 0 Å². The normalized spacial score (nSPS) is 18.9. The van der Waals surface area contributed by atoms with Crippen LogP contribution in [0.3, 0.4) is 0 Å². The lowest BCUT2D eigenvalue weighted by Gasteiger charge is -2.19. The number of fused-ring (bicyclic) bond motifs is 1.